The van der Waals surface area contributed by atoms with Crippen molar-refractivity contribution in [2.45, 2.75) is 42.6 Å². The van der Waals surface area contributed by atoms with Gasteiger partial charge in [0.15, 0.2) is 5.16 Å². The van der Waals surface area contributed by atoms with Crippen LogP contribution in [0.15, 0.2) is 65.8 Å². The molecule has 2 N–H and O–H groups in total. The topological polar surface area (TPSA) is 88.9 Å². The summed E-state index contributed by atoms with van der Waals surface area (Å²) in [6, 6.07) is 19.1. The van der Waals surface area contributed by atoms with Crippen LogP contribution in [0.2, 0.25) is 0 Å². The number of carbonyl (C=O) groups is 2. The Kier molecular flexibility index (Phi) is 6.66. The molecule has 2 aromatic carbocycles. The van der Waals surface area contributed by atoms with Gasteiger partial charge in [-0.3, -0.25) is 10.1 Å². The molecule has 1 fully saturated rings. The second kappa shape index (κ2) is 9.78. The van der Waals surface area contributed by atoms with E-state index in [0.29, 0.717) is 24.2 Å². The minimum absolute atomic E-state index is 0.385. The van der Waals surface area contributed by atoms with Crippen LogP contribution in [0, 0.1) is 0 Å². The molecule has 8 heteroatoms. The maximum atomic E-state index is 13.0. The maximum Gasteiger partial charge on any atom is 0.321 e. The Labute approximate surface area is 185 Å². The molecule has 3 amide bonds. The van der Waals surface area contributed by atoms with E-state index in [-0.39, 0.29) is 5.91 Å². The minimum atomic E-state index is -0.630. The van der Waals surface area contributed by atoms with Gasteiger partial charge < -0.3 is 9.88 Å². The fraction of sp³-hybridized carbons (Fsp3) is 0.304. The average Bonchev–Trinajstić information content (AvgIpc) is 3.55. The van der Waals surface area contributed by atoms with E-state index in [1.165, 1.54) is 11.8 Å². The van der Waals surface area contributed by atoms with Gasteiger partial charge in [-0.1, -0.05) is 72.4 Å². The Morgan fingerprint density at radius 3 is 2.39 bits per heavy atom. The largest absolute Gasteiger partial charge is 0.338 e. The Hall–Kier alpha value is -3.13. The number of thioether (sulfide) groups is 1. The maximum absolute atomic E-state index is 13.0. The molecule has 0 unspecified atom stereocenters. The molecule has 3 aromatic rings. The van der Waals surface area contributed by atoms with E-state index in [2.05, 4.69) is 37.5 Å². The van der Waals surface area contributed by atoms with E-state index in [0.717, 1.165) is 29.8 Å². The fourth-order valence-corrected chi connectivity index (χ4v) is 4.38. The zero-order valence-corrected chi connectivity index (χ0v) is 18.1. The van der Waals surface area contributed by atoms with Crippen LogP contribution in [-0.2, 0) is 11.3 Å². The lowest BCUT2D eigenvalue weighted by Gasteiger charge is -2.17. The van der Waals surface area contributed by atoms with Crippen molar-refractivity contribution in [1.29, 1.82) is 0 Å². The molecule has 1 saturated carbocycles. The summed E-state index contributed by atoms with van der Waals surface area (Å²) in [5.41, 5.74) is 1.95. The van der Waals surface area contributed by atoms with Crippen molar-refractivity contribution < 1.29 is 9.59 Å². The average molecular weight is 436 g/mol. The van der Waals surface area contributed by atoms with Crippen molar-refractivity contribution in [2.24, 2.45) is 0 Å². The number of nitrogens with one attached hydrogen (secondary N) is 2. The predicted octanol–water partition coefficient (Wildman–Crippen LogP) is 3.88. The molecule has 7 nitrogen and oxygen atoms in total. The number of rotatable bonds is 8. The lowest BCUT2D eigenvalue weighted by Crippen LogP contribution is -2.41. The Morgan fingerprint density at radius 2 is 1.74 bits per heavy atom. The highest BCUT2D eigenvalue weighted by atomic mass is 32.2. The van der Waals surface area contributed by atoms with Crippen molar-refractivity contribution in [1.82, 2.24) is 25.4 Å². The van der Waals surface area contributed by atoms with Gasteiger partial charge in [-0.2, -0.15) is 0 Å². The first kappa shape index (κ1) is 21.1. The van der Waals surface area contributed by atoms with Crippen LogP contribution in [0.5, 0.6) is 0 Å². The van der Waals surface area contributed by atoms with Crippen molar-refractivity contribution in [3.8, 4) is 0 Å². The first-order chi connectivity index (χ1) is 15.2. The molecule has 0 radical (unpaired) electrons. The molecule has 0 saturated heterocycles. The molecular formula is C23H25N5O2S. The number of hydrogen-bond acceptors (Lipinski definition) is 5. The Morgan fingerprint density at radius 1 is 1.06 bits per heavy atom. The molecular weight excluding hydrogens is 410 g/mol. The third-order valence-electron chi connectivity index (χ3n) is 5.01. The molecule has 0 aliphatic heterocycles. The molecule has 1 aliphatic rings. The number of amides is 3. The highest BCUT2D eigenvalue weighted by Gasteiger charge is 2.32. The SMILES string of the molecule is CCNC(=O)NC(=O)[C@@H](Sc1nnc(C2CC2)n1Cc1ccccc1)c1ccccc1. The highest BCUT2D eigenvalue weighted by molar-refractivity contribution is 8.00. The van der Waals surface area contributed by atoms with Crippen LogP contribution in [0.25, 0.3) is 0 Å². The number of carbonyl (C=O) groups excluding carboxylic acids is 2. The number of benzene rings is 2. The molecule has 1 heterocycles. The van der Waals surface area contributed by atoms with Gasteiger partial charge in [-0.25, -0.2) is 4.79 Å². The van der Waals surface area contributed by atoms with Gasteiger partial charge in [0.2, 0.25) is 5.91 Å². The van der Waals surface area contributed by atoms with Crippen LogP contribution in [0.1, 0.15) is 47.9 Å². The lowest BCUT2D eigenvalue weighted by atomic mass is 10.1. The Bertz CT molecular complexity index is 1030. The van der Waals surface area contributed by atoms with Crippen LogP contribution in [0.4, 0.5) is 4.79 Å². The monoisotopic (exact) mass is 435 g/mol. The van der Waals surface area contributed by atoms with E-state index in [1.54, 1.807) is 6.92 Å². The molecule has 160 valence electrons. The smallest absolute Gasteiger partial charge is 0.321 e. The first-order valence-electron chi connectivity index (χ1n) is 10.4. The van der Waals surface area contributed by atoms with Crippen LogP contribution in [-0.4, -0.2) is 33.2 Å². The molecule has 1 aliphatic carbocycles. The quantitative estimate of drug-likeness (QED) is 0.524. The fourth-order valence-electron chi connectivity index (χ4n) is 3.33. The number of imide groups is 1. The summed E-state index contributed by atoms with van der Waals surface area (Å²) in [5, 5.41) is 14.0. The van der Waals surface area contributed by atoms with Crippen LogP contribution in [0.3, 0.4) is 0 Å². The van der Waals surface area contributed by atoms with Gasteiger partial charge >= 0.3 is 6.03 Å². The number of hydrogen-bond donors (Lipinski definition) is 2. The van der Waals surface area contributed by atoms with E-state index in [4.69, 9.17) is 0 Å². The summed E-state index contributed by atoms with van der Waals surface area (Å²) in [6.07, 6.45) is 2.22. The van der Waals surface area contributed by atoms with Gasteiger partial charge in [-0.15, -0.1) is 10.2 Å². The number of aromatic nitrogens is 3. The standard InChI is InChI=1S/C23H25N5O2S/c1-2-24-22(30)25-21(29)19(17-11-7-4-8-12-17)31-23-27-26-20(18-13-14-18)28(23)15-16-9-5-3-6-10-16/h3-12,18-19H,2,13-15H2,1H3,(H2,24,25,29,30)/t19-/m0/s1. The highest BCUT2D eigenvalue weighted by Crippen LogP contribution is 2.42. The van der Waals surface area contributed by atoms with E-state index in [9.17, 15) is 9.59 Å². The first-order valence-corrected chi connectivity index (χ1v) is 11.3. The van der Waals surface area contributed by atoms with E-state index in [1.807, 2.05) is 48.5 Å². The Balaban J connectivity index is 1.63. The van der Waals surface area contributed by atoms with Gasteiger partial charge in [0.25, 0.3) is 0 Å². The summed E-state index contributed by atoms with van der Waals surface area (Å²) in [6.45, 7) is 2.89. The summed E-state index contributed by atoms with van der Waals surface area (Å²) in [4.78, 5) is 25.0. The second-order valence-electron chi connectivity index (χ2n) is 7.44. The van der Waals surface area contributed by atoms with Gasteiger partial charge in [-0.05, 0) is 30.9 Å². The van der Waals surface area contributed by atoms with Gasteiger partial charge in [0.1, 0.15) is 11.1 Å². The number of urea groups is 1. The normalized spacial score (nSPS) is 14.1. The molecule has 1 aromatic heterocycles. The lowest BCUT2D eigenvalue weighted by molar-refractivity contribution is -0.119. The molecule has 4 rings (SSSR count). The van der Waals surface area contributed by atoms with Crippen molar-refractivity contribution >= 4 is 23.7 Å². The van der Waals surface area contributed by atoms with E-state index < -0.39 is 11.3 Å². The molecule has 0 bridgehead atoms. The molecule has 0 spiro atoms. The minimum Gasteiger partial charge on any atom is -0.338 e. The number of nitrogens with zero attached hydrogens (tertiary/aromatic N) is 3. The second-order valence-corrected chi connectivity index (χ2v) is 8.52. The third-order valence-corrected chi connectivity index (χ3v) is 6.24. The van der Waals surface area contributed by atoms with Crippen molar-refractivity contribution in [3.63, 3.8) is 0 Å². The molecule has 1 atom stereocenters. The van der Waals surface area contributed by atoms with Crippen molar-refractivity contribution in [3.05, 3.63) is 77.6 Å². The van der Waals surface area contributed by atoms with Crippen molar-refractivity contribution in [2.75, 3.05) is 6.54 Å². The predicted molar refractivity (Wildman–Crippen MR) is 120 cm³/mol. The van der Waals surface area contributed by atoms with Crippen LogP contribution >= 0.6 is 11.8 Å². The molecule has 31 heavy (non-hydrogen) atoms. The summed E-state index contributed by atoms with van der Waals surface area (Å²) < 4.78 is 2.10. The summed E-state index contributed by atoms with van der Waals surface area (Å²) in [5.74, 6) is 0.997. The van der Waals surface area contributed by atoms with Gasteiger partial charge in [0, 0.05) is 12.5 Å². The summed E-state index contributed by atoms with van der Waals surface area (Å²) in [7, 11) is 0. The zero-order valence-electron chi connectivity index (χ0n) is 17.3. The third kappa shape index (κ3) is 5.32. The summed E-state index contributed by atoms with van der Waals surface area (Å²) >= 11 is 1.32. The zero-order chi connectivity index (χ0) is 21.6. The van der Waals surface area contributed by atoms with Gasteiger partial charge in [0.05, 0.1) is 6.54 Å². The van der Waals surface area contributed by atoms with E-state index >= 15 is 0 Å². The van der Waals surface area contributed by atoms with Crippen LogP contribution < -0.4 is 10.6 Å².